The smallest absolute Gasteiger partial charge is 0.239 e. The lowest BCUT2D eigenvalue weighted by molar-refractivity contribution is -0.131. The lowest BCUT2D eigenvalue weighted by atomic mass is 10.0. The van der Waals surface area contributed by atoms with Gasteiger partial charge in [-0.3, -0.25) is 4.79 Å². The van der Waals surface area contributed by atoms with Crippen molar-refractivity contribution in [2.24, 2.45) is 5.73 Å². The van der Waals surface area contributed by atoms with E-state index in [4.69, 9.17) is 5.73 Å². The molecule has 0 unspecified atom stereocenters. The molecule has 1 aliphatic heterocycles. The summed E-state index contributed by atoms with van der Waals surface area (Å²) >= 11 is 0. The average Bonchev–Trinajstić information content (AvgIpc) is 3.29. The van der Waals surface area contributed by atoms with Gasteiger partial charge >= 0.3 is 0 Å². The van der Waals surface area contributed by atoms with E-state index in [1.54, 1.807) is 4.52 Å². The third-order valence-electron chi connectivity index (χ3n) is 4.78. The number of likely N-dealkylation sites (tertiary alicyclic amines) is 1. The highest BCUT2D eigenvalue weighted by atomic mass is 19.1. The Balaban J connectivity index is 1.44. The number of carbonyl (C=O) groups excluding carboxylic acids is 1. The monoisotopic (exact) mass is 353 g/mol. The van der Waals surface area contributed by atoms with E-state index in [0.29, 0.717) is 19.4 Å². The molecule has 1 saturated heterocycles. The average molecular weight is 353 g/mol. The minimum Gasteiger partial charge on any atom is -0.338 e. The summed E-state index contributed by atoms with van der Waals surface area (Å²) in [7, 11) is 0. The second-order valence-electron chi connectivity index (χ2n) is 6.66. The molecular formula is C19H20FN5O. The van der Waals surface area contributed by atoms with Gasteiger partial charge in [0.1, 0.15) is 12.5 Å². The van der Waals surface area contributed by atoms with Gasteiger partial charge in [-0.15, -0.1) is 0 Å². The number of aromatic nitrogens is 3. The fourth-order valence-corrected chi connectivity index (χ4v) is 3.31. The molecule has 0 radical (unpaired) electrons. The zero-order chi connectivity index (χ0) is 18.1. The molecule has 2 N–H and O–H groups in total. The maximum Gasteiger partial charge on any atom is 0.239 e. The molecule has 1 aliphatic rings. The van der Waals surface area contributed by atoms with Crippen LogP contribution in [0, 0.1) is 0 Å². The quantitative estimate of drug-likeness (QED) is 0.776. The van der Waals surface area contributed by atoms with Crippen LogP contribution in [0.1, 0.15) is 12.0 Å². The van der Waals surface area contributed by atoms with E-state index in [1.165, 1.54) is 11.2 Å². The first kappa shape index (κ1) is 16.7. The Morgan fingerprint density at radius 2 is 2.00 bits per heavy atom. The van der Waals surface area contributed by atoms with Crippen LogP contribution in [0.4, 0.5) is 4.39 Å². The van der Waals surface area contributed by atoms with Crippen LogP contribution in [0.3, 0.4) is 0 Å². The second kappa shape index (κ2) is 6.84. The number of rotatable bonds is 4. The molecule has 7 heteroatoms. The zero-order valence-electron chi connectivity index (χ0n) is 14.3. The number of nitrogens with two attached hydrogens (primary N) is 1. The molecule has 26 heavy (non-hydrogen) atoms. The minimum absolute atomic E-state index is 0.163. The van der Waals surface area contributed by atoms with E-state index in [1.807, 2.05) is 42.6 Å². The first-order valence-electron chi connectivity index (χ1n) is 8.67. The summed E-state index contributed by atoms with van der Waals surface area (Å²) in [4.78, 5) is 18.0. The van der Waals surface area contributed by atoms with E-state index in [2.05, 4.69) is 10.1 Å². The third kappa shape index (κ3) is 3.30. The van der Waals surface area contributed by atoms with E-state index < -0.39 is 12.2 Å². The summed E-state index contributed by atoms with van der Waals surface area (Å²) in [5.41, 5.74) is 9.90. The number of pyridine rings is 1. The Kier molecular flexibility index (Phi) is 4.38. The number of amides is 1. The fourth-order valence-electron chi connectivity index (χ4n) is 3.31. The molecule has 0 aliphatic carbocycles. The van der Waals surface area contributed by atoms with Crippen molar-refractivity contribution in [3.63, 3.8) is 0 Å². The Morgan fingerprint density at radius 3 is 2.73 bits per heavy atom. The second-order valence-corrected chi connectivity index (χ2v) is 6.66. The van der Waals surface area contributed by atoms with Gasteiger partial charge in [0.15, 0.2) is 5.65 Å². The summed E-state index contributed by atoms with van der Waals surface area (Å²) in [6.07, 6.45) is 3.37. The number of fused-ring (bicyclic) bond motifs is 1. The van der Waals surface area contributed by atoms with Gasteiger partial charge in [-0.05, 0) is 36.1 Å². The summed E-state index contributed by atoms with van der Waals surface area (Å²) in [6, 6.07) is 11.2. The number of nitrogens with zero attached hydrogens (tertiary/aromatic N) is 4. The predicted molar refractivity (Wildman–Crippen MR) is 96.2 cm³/mol. The normalized spacial score (nSPS) is 18.4. The van der Waals surface area contributed by atoms with Gasteiger partial charge in [0.25, 0.3) is 0 Å². The van der Waals surface area contributed by atoms with Crippen LogP contribution in [0.5, 0.6) is 0 Å². The standard InChI is InChI=1S/C19H20FN5O/c20-16-7-8-24(11-16)19(26)17(21)9-13-1-3-14(4-2-13)15-5-6-18-22-12-23-25(18)10-15/h1-6,10,12,16-17H,7-9,11,21H2/t16-,17+/m1/s1. The SMILES string of the molecule is N[C@@H](Cc1ccc(-c2ccc3ncnn3c2)cc1)C(=O)N1CC[C@@H](F)C1. The molecule has 6 nitrogen and oxygen atoms in total. The van der Waals surface area contributed by atoms with Gasteiger partial charge in [0.2, 0.25) is 5.91 Å². The summed E-state index contributed by atoms with van der Waals surface area (Å²) in [6.45, 7) is 0.619. The molecule has 1 fully saturated rings. The molecule has 4 rings (SSSR count). The van der Waals surface area contributed by atoms with Gasteiger partial charge in [0, 0.05) is 18.3 Å². The molecular weight excluding hydrogens is 333 g/mol. The predicted octanol–water partition coefficient (Wildman–Crippen LogP) is 1.84. The molecule has 0 saturated carbocycles. The summed E-state index contributed by atoms with van der Waals surface area (Å²) in [5.74, 6) is -0.175. The van der Waals surface area contributed by atoms with Crippen molar-refractivity contribution in [3.05, 3.63) is 54.5 Å². The van der Waals surface area contributed by atoms with Crippen molar-refractivity contribution < 1.29 is 9.18 Å². The number of halogens is 1. The van der Waals surface area contributed by atoms with E-state index >= 15 is 0 Å². The number of hydrogen-bond donors (Lipinski definition) is 1. The highest BCUT2D eigenvalue weighted by Gasteiger charge is 2.29. The van der Waals surface area contributed by atoms with Crippen molar-refractivity contribution >= 4 is 11.6 Å². The van der Waals surface area contributed by atoms with E-state index in [-0.39, 0.29) is 12.5 Å². The highest BCUT2D eigenvalue weighted by Crippen LogP contribution is 2.21. The molecule has 2 aromatic heterocycles. The minimum atomic E-state index is -0.923. The molecule has 2 atom stereocenters. The first-order valence-corrected chi connectivity index (χ1v) is 8.67. The molecule has 3 heterocycles. The molecule has 1 aromatic carbocycles. The lowest BCUT2D eigenvalue weighted by Crippen LogP contribution is -2.44. The van der Waals surface area contributed by atoms with Gasteiger partial charge in [-0.25, -0.2) is 13.9 Å². The van der Waals surface area contributed by atoms with Gasteiger partial charge < -0.3 is 10.6 Å². The Morgan fingerprint density at radius 1 is 1.23 bits per heavy atom. The number of carbonyl (C=O) groups is 1. The van der Waals surface area contributed by atoms with Crippen molar-refractivity contribution in [3.8, 4) is 11.1 Å². The van der Waals surface area contributed by atoms with Gasteiger partial charge in [-0.1, -0.05) is 24.3 Å². The Hall–Kier alpha value is -2.80. The first-order chi connectivity index (χ1) is 12.6. The van der Waals surface area contributed by atoms with Crippen molar-refractivity contribution in [1.82, 2.24) is 19.5 Å². The third-order valence-corrected chi connectivity index (χ3v) is 4.78. The van der Waals surface area contributed by atoms with Crippen molar-refractivity contribution in [2.75, 3.05) is 13.1 Å². The van der Waals surface area contributed by atoms with Crippen LogP contribution in [0.15, 0.2) is 48.9 Å². The van der Waals surface area contributed by atoms with Crippen molar-refractivity contribution in [2.45, 2.75) is 25.1 Å². The molecule has 3 aromatic rings. The number of alkyl halides is 1. The Bertz CT molecular complexity index is 923. The van der Waals surface area contributed by atoms with Crippen LogP contribution in [-0.4, -0.2) is 50.7 Å². The van der Waals surface area contributed by atoms with Crippen LogP contribution in [0.2, 0.25) is 0 Å². The Labute approximate surface area is 150 Å². The van der Waals surface area contributed by atoms with Gasteiger partial charge in [0.05, 0.1) is 12.6 Å². The molecule has 0 bridgehead atoms. The van der Waals surface area contributed by atoms with E-state index in [9.17, 15) is 9.18 Å². The maximum absolute atomic E-state index is 13.3. The van der Waals surface area contributed by atoms with Crippen LogP contribution in [0.25, 0.3) is 16.8 Å². The number of benzene rings is 1. The summed E-state index contributed by atoms with van der Waals surface area (Å²) < 4.78 is 15.0. The summed E-state index contributed by atoms with van der Waals surface area (Å²) in [5, 5.41) is 4.14. The fraction of sp³-hybridized carbons (Fsp3) is 0.316. The van der Waals surface area contributed by atoms with Crippen LogP contribution >= 0.6 is 0 Å². The maximum atomic E-state index is 13.3. The zero-order valence-corrected chi connectivity index (χ0v) is 14.3. The number of hydrogen-bond acceptors (Lipinski definition) is 4. The highest BCUT2D eigenvalue weighted by molar-refractivity contribution is 5.82. The van der Waals surface area contributed by atoms with Crippen molar-refractivity contribution in [1.29, 1.82) is 0 Å². The molecule has 0 spiro atoms. The van der Waals surface area contributed by atoms with Crippen LogP contribution in [-0.2, 0) is 11.2 Å². The lowest BCUT2D eigenvalue weighted by Gasteiger charge is -2.20. The topological polar surface area (TPSA) is 76.5 Å². The van der Waals surface area contributed by atoms with E-state index in [0.717, 1.165) is 22.3 Å². The largest absolute Gasteiger partial charge is 0.338 e. The van der Waals surface area contributed by atoms with Gasteiger partial charge in [-0.2, -0.15) is 5.10 Å². The molecule has 134 valence electrons. The molecule has 1 amide bonds. The van der Waals surface area contributed by atoms with Crippen LogP contribution < -0.4 is 5.73 Å².